The molecule has 0 saturated heterocycles. The Bertz CT molecular complexity index is 381. The molecule has 3 heteroatoms. The second kappa shape index (κ2) is 7.54. The minimum Gasteiger partial charge on any atom is -0.508 e. The average molecular weight is 248 g/mol. The predicted octanol–water partition coefficient (Wildman–Crippen LogP) is 3.22. The number of carbonyl (C=O) groups excluding carboxylic acids is 1. The lowest BCUT2D eigenvalue weighted by Gasteiger charge is -2.12. The van der Waals surface area contributed by atoms with Crippen LogP contribution in [0.4, 0.5) is 0 Å². The Morgan fingerprint density at radius 2 is 2.11 bits per heavy atom. The quantitative estimate of drug-likeness (QED) is 0.595. The van der Waals surface area contributed by atoms with Crippen LogP contribution in [0, 0.1) is 0 Å². The van der Waals surface area contributed by atoms with Gasteiger partial charge in [0.05, 0.1) is 12.5 Å². The van der Waals surface area contributed by atoms with E-state index in [9.17, 15) is 4.79 Å². The maximum atomic E-state index is 11.2. The predicted molar refractivity (Wildman–Crippen MR) is 71.4 cm³/mol. The van der Waals surface area contributed by atoms with Crippen molar-refractivity contribution in [3.63, 3.8) is 0 Å². The third-order valence-corrected chi connectivity index (χ3v) is 2.66. The van der Waals surface area contributed by atoms with Gasteiger partial charge in [-0.2, -0.15) is 0 Å². The largest absolute Gasteiger partial charge is 0.508 e. The van der Waals surface area contributed by atoms with Crippen LogP contribution in [-0.2, 0) is 16.0 Å². The van der Waals surface area contributed by atoms with E-state index in [4.69, 9.17) is 9.84 Å². The summed E-state index contributed by atoms with van der Waals surface area (Å²) in [7, 11) is 0. The van der Waals surface area contributed by atoms with Gasteiger partial charge in [-0.15, -0.1) is 6.58 Å². The molecule has 1 aromatic carbocycles. The van der Waals surface area contributed by atoms with Crippen LogP contribution in [0.2, 0.25) is 0 Å². The summed E-state index contributed by atoms with van der Waals surface area (Å²) in [6.45, 7) is 5.40. The van der Waals surface area contributed by atoms with Gasteiger partial charge in [-0.25, -0.2) is 0 Å². The Morgan fingerprint density at radius 3 is 2.72 bits per heavy atom. The highest BCUT2D eigenvalue weighted by Gasteiger charge is 2.07. The van der Waals surface area contributed by atoms with E-state index in [0.717, 1.165) is 19.3 Å². The summed E-state index contributed by atoms with van der Waals surface area (Å²) in [5, 5.41) is 9.15. The summed E-state index contributed by atoms with van der Waals surface area (Å²) in [6, 6.07) is 7.18. The smallest absolute Gasteiger partial charge is 0.309 e. The lowest BCUT2D eigenvalue weighted by Crippen LogP contribution is -2.14. The highest BCUT2D eigenvalue weighted by atomic mass is 16.5. The van der Waals surface area contributed by atoms with Crippen LogP contribution in [0.1, 0.15) is 31.7 Å². The van der Waals surface area contributed by atoms with E-state index in [2.05, 4.69) is 6.58 Å². The number of hydrogen-bond donors (Lipinski definition) is 1. The van der Waals surface area contributed by atoms with Gasteiger partial charge in [-0.1, -0.05) is 18.2 Å². The van der Waals surface area contributed by atoms with E-state index in [-0.39, 0.29) is 24.2 Å². The van der Waals surface area contributed by atoms with Crippen molar-refractivity contribution in [1.29, 1.82) is 0 Å². The summed E-state index contributed by atoms with van der Waals surface area (Å²) in [5.74, 6) is 0.0626. The van der Waals surface area contributed by atoms with Crippen molar-refractivity contribution in [3.05, 3.63) is 42.5 Å². The van der Waals surface area contributed by atoms with Crippen molar-refractivity contribution in [2.24, 2.45) is 0 Å². The summed E-state index contributed by atoms with van der Waals surface area (Å²) in [6.07, 6.45) is 4.46. The van der Waals surface area contributed by atoms with Crippen LogP contribution in [0.3, 0.4) is 0 Å². The number of ether oxygens (including phenoxy) is 1. The second-order valence-electron chi connectivity index (χ2n) is 4.35. The van der Waals surface area contributed by atoms with Gasteiger partial charge in [0.1, 0.15) is 5.75 Å². The van der Waals surface area contributed by atoms with Crippen molar-refractivity contribution in [3.8, 4) is 5.75 Å². The zero-order valence-corrected chi connectivity index (χ0v) is 10.8. The fraction of sp³-hybridized carbons (Fsp3) is 0.400. The van der Waals surface area contributed by atoms with Crippen molar-refractivity contribution >= 4 is 5.97 Å². The van der Waals surface area contributed by atoms with Crippen LogP contribution < -0.4 is 0 Å². The van der Waals surface area contributed by atoms with Crippen LogP contribution in [0.15, 0.2) is 36.9 Å². The van der Waals surface area contributed by atoms with E-state index in [1.54, 1.807) is 18.2 Å². The first kappa shape index (κ1) is 14.3. The lowest BCUT2D eigenvalue weighted by atomic mass is 10.1. The average Bonchev–Trinajstić information content (AvgIpc) is 2.32. The van der Waals surface area contributed by atoms with Gasteiger partial charge in [-0.05, 0) is 43.9 Å². The van der Waals surface area contributed by atoms with Gasteiger partial charge in [0, 0.05) is 0 Å². The molecule has 3 nitrogen and oxygen atoms in total. The fourth-order valence-corrected chi connectivity index (χ4v) is 1.71. The molecule has 1 N–H and O–H groups in total. The molecule has 18 heavy (non-hydrogen) atoms. The van der Waals surface area contributed by atoms with Crippen molar-refractivity contribution in [1.82, 2.24) is 0 Å². The van der Waals surface area contributed by atoms with Crippen molar-refractivity contribution in [2.75, 3.05) is 0 Å². The molecule has 98 valence electrons. The topological polar surface area (TPSA) is 46.5 Å². The number of hydrogen-bond acceptors (Lipinski definition) is 3. The molecular formula is C15H20O3. The number of benzene rings is 1. The zero-order valence-electron chi connectivity index (χ0n) is 10.8. The number of carbonyl (C=O) groups is 1. The molecule has 1 rings (SSSR count). The Labute approximate surface area is 108 Å². The summed E-state index contributed by atoms with van der Waals surface area (Å²) in [4.78, 5) is 11.2. The van der Waals surface area contributed by atoms with E-state index in [1.807, 2.05) is 19.1 Å². The van der Waals surface area contributed by atoms with Gasteiger partial charge in [0.2, 0.25) is 0 Å². The third-order valence-electron chi connectivity index (χ3n) is 2.66. The first-order valence-corrected chi connectivity index (χ1v) is 6.20. The molecule has 0 aliphatic heterocycles. The minimum atomic E-state index is -0.220. The van der Waals surface area contributed by atoms with Crippen molar-refractivity contribution in [2.45, 2.75) is 38.7 Å². The molecule has 0 aromatic heterocycles. The molecule has 0 amide bonds. The molecule has 0 bridgehead atoms. The van der Waals surface area contributed by atoms with Crippen molar-refractivity contribution < 1.29 is 14.6 Å². The van der Waals surface area contributed by atoms with Gasteiger partial charge in [0.15, 0.2) is 0 Å². The van der Waals surface area contributed by atoms with E-state index in [1.165, 1.54) is 5.56 Å². The van der Waals surface area contributed by atoms with Crippen LogP contribution in [-0.4, -0.2) is 17.2 Å². The molecule has 0 aliphatic carbocycles. The Balaban J connectivity index is 2.22. The van der Waals surface area contributed by atoms with Gasteiger partial charge >= 0.3 is 5.97 Å². The Kier molecular flexibility index (Phi) is 5.98. The summed E-state index contributed by atoms with van der Waals surface area (Å²) < 4.78 is 5.20. The van der Waals surface area contributed by atoms with Gasteiger partial charge in [-0.3, -0.25) is 4.79 Å². The van der Waals surface area contributed by atoms with Gasteiger partial charge in [0.25, 0.3) is 0 Å². The number of rotatable bonds is 7. The second-order valence-corrected chi connectivity index (χ2v) is 4.35. The fourth-order valence-electron chi connectivity index (χ4n) is 1.71. The van der Waals surface area contributed by atoms with Gasteiger partial charge < -0.3 is 9.84 Å². The molecule has 0 fully saturated rings. The molecule has 0 heterocycles. The molecule has 1 unspecified atom stereocenters. The minimum absolute atomic E-state index is 0.0606. The zero-order chi connectivity index (χ0) is 13.4. The first-order valence-electron chi connectivity index (χ1n) is 6.20. The molecule has 1 atom stereocenters. The summed E-state index contributed by atoms with van der Waals surface area (Å²) in [5.41, 5.74) is 1.18. The molecule has 0 aliphatic rings. The van der Waals surface area contributed by atoms with Crippen LogP contribution in [0.25, 0.3) is 0 Å². The number of phenolic OH excluding ortho intramolecular Hbond substituents is 1. The first-order chi connectivity index (χ1) is 8.61. The number of phenols is 1. The lowest BCUT2D eigenvalue weighted by molar-refractivity contribution is -0.147. The van der Waals surface area contributed by atoms with Crippen LogP contribution >= 0.6 is 0 Å². The van der Waals surface area contributed by atoms with E-state index < -0.39 is 0 Å². The third kappa shape index (κ3) is 5.53. The van der Waals surface area contributed by atoms with Crippen LogP contribution in [0.5, 0.6) is 5.75 Å². The Morgan fingerprint density at radius 1 is 1.44 bits per heavy atom. The SMILES string of the molecule is C=CCC(=O)OC(C)CCCc1ccc(O)cc1. The molecule has 0 spiro atoms. The Hall–Kier alpha value is -1.77. The number of aromatic hydroxyl groups is 1. The highest BCUT2D eigenvalue weighted by Crippen LogP contribution is 2.13. The molecular weight excluding hydrogens is 228 g/mol. The molecule has 1 aromatic rings. The monoisotopic (exact) mass is 248 g/mol. The van der Waals surface area contributed by atoms with E-state index >= 15 is 0 Å². The maximum absolute atomic E-state index is 11.2. The molecule has 0 saturated carbocycles. The maximum Gasteiger partial charge on any atom is 0.309 e. The summed E-state index contributed by atoms with van der Waals surface area (Å²) >= 11 is 0. The number of esters is 1. The normalized spacial score (nSPS) is 11.8. The number of aryl methyl sites for hydroxylation is 1. The standard InChI is InChI=1S/C15H20O3/c1-3-5-15(17)18-12(2)6-4-7-13-8-10-14(16)11-9-13/h3,8-12,16H,1,4-7H2,2H3. The highest BCUT2D eigenvalue weighted by molar-refractivity contribution is 5.71. The molecule has 0 radical (unpaired) electrons. The van der Waals surface area contributed by atoms with E-state index in [0.29, 0.717) is 0 Å².